The summed E-state index contributed by atoms with van der Waals surface area (Å²) < 4.78 is 18.5. The molecule has 0 bridgehead atoms. The molecule has 0 spiro atoms. The third kappa shape index (κ3) is 5.29. The first kappa shape index (κ1) is 26.0. The van der Waals surface area contributed by atoms with Gasteiger partial charge in [0.25, 0.3) is 11.5 Å². The van der Waals surface area contributed by atoms with Crippen LogP contribution in [0.15, 0.2) is 41.2 Å². The minimum atomic E-state index is -0.462. The van der Waals surface area contributed by atoms with Crippen molar-refractivity contribution in [3.8, 4) is 11.6 Å². The number of fused-ring (bicyclic) bond motifs is 3. The molecule has 3 aliphatic heterocycles. The lowest BCUT2D eigenvalue weighted by molar-refractivity contribution is -0.118. The summed E-state index contributed by atoms with van der Waals surface area (Å²) in [6, 6.07) is 10.4. The van der Waals surface area contributed by atoms with Gasteiger partial charge in [-0.2, -0.15) is 4.98 Å². The number of hydrogen-bond acceptors (Lipinski definition) is 10. The fourth-order valence-electron chi connectivity index (χ4n) is 5.36. The third-order valence-corrected chi connectivity index (χ3v) is 7.34. The Morgan fingerprint density at radius 3 is 2.75 bits per heavy atom. The molecule has 0 aliphatic carbocycles. The zero-order valence-corrected chi connectivity index (χ0v) is 22.0. The molecule has 40 heavy (non-hydrogen) atoms. The van der Waals surface area contributed by atoms with Crippen molar-refractivity contribution in [3.63, 3.8) is 0 Å². The zero-order chi connectivity index (χ0) is 27.6. The standard InChI is InChI=1S/C27H31N7O6/c28-9-1-12-38-23-7-3-17-4-8-24(36)33(26(17)31-23)11-2-10-32-13-18-14-34(27(37)40-20(18)15-32)21-6-5-19-25(29-21)30-22(35)16-39-19/h3-8,18,20H,1-2,9-16,28H2,(H,29,30,35)/t18-,20-/m0/s1. The number of rotatable bonds is 9. The van der Waals surface area contributed by atoms with Crippen LogP contribution in [-0.2, 0) is 16.1 Å². The van der Waals surface area contributed by atoms with Crippen LogP contribution in [0.1, 0.15) is 12.8 Å². The second kappa shape index (κ2) is 11.1. The number of amides is 2. The Hall–Kier alpha value is -4.23. The molecular formula is C27H31N7O6. The predicted molar refractivity (Wildman–Crippen MR) is 146 cm³/mol. The molecule has 2 fully saturated rings. The molecule has 0 unspecified atom stereocenters. The minimum absolute atomic E-state index is 0.0598. The van der Waals surface area contributed by atoms with E-state index < -0.39 is 6.09 Å². The molecule has 2 saturated heterocycles. The van der Waals surface area contributed by atoms with Gasteiger partial charge in [0.2, 0.25) is 5.88 Å². The van der Waals surface area contributed by atoms with Gasteiger partial charge in [0, 0.05) is 56.2 Å². The Labute approximate surface area is 229 Å². The van der Waals surface area contributed by atoms with Crippen LogP contribution in [0, 0.1) is 5.92 Å². The van der Waals surface area contributed by atoms with Crippen LogP contribution in [-0.4, -0.2) is 83.5 Å². The van der Waals surface area contributed by atoms with E-state index in [1.807, 2.05) is 6.07 Å². The highest BCUT2D eigenvalue weighted by molar-refractivity contribution is 5.95. The number of nitrogens with zero attached hydrogens (tertiary/aromatic N) is 5. The summed E-state index contributed by atoms with van der Waals surface area (Å²) in [5.41, 5.74) is 6.02. The first-order chi connectivity index (χ1) is 19.5. The molecule has 210 valence electrons. The number of pyridine rings is 3. The highest BCUT2D eigenvalue weighted by Crippen LogP contribution is 2.33. The van der Waals surface area contributed by atoms with Crippen LogP contribution in [0.4, 0.5) is 16.4 Å². The van der Waals surface area contributed by atoms with E-state index >= 15 is 0 Å². The Balaban J connectivity index is 1.08. The summed E-state index contributed by atoms with van der Waals surface area (Å²) in [6.45, 7) is 4.03. The SMILES string of the molecule is NCCCOc1ccc2ccc(=O)n(CCCN3C[C@H]4CN(c5ccc6c(n5)NC(=O)CO6)C(=O)O[C@H]4C3)c2n1. The fourth-order valence-corrected chi connectivity index (χ4v) is 5.36. The summed E-state index contributed by atoms with van der Waals surface area (Å²) in [5.74, 6) is 1.46. The van der Waals surface area contributed by atoms with Gasteiger partial charge in [0.15, 0.2) is 18.2 Å². The number of aromatic nitrogens is 3. The topological polar surface area (TPSA) is 154 Å². The van der Waals surface area contributed by atoms with Crippen molar-refractivity contribution in [2.45, 2.75) is 25.5 Å². The maximum Gasteiger partial charge on any atom is 0.415 e. The van der Waals surface area contributed by atoms with E-state index in [1.54, 1.807) is 34.9 Å². The van der Waals surface area contributed by atoms with Crippen LogP contribution >= 0.6 is 0 Å². The van der Waals surface area contributed by atoms with Crippen LogP contribution in [0.5, 0.6) is 11.6 Å². The Bertz CT molecular complexity index is 1490. The van der Waals surface area contributed by atoms with Gasteiger partial charge in [-0.05, 0) is 43.7 Å². The van der Waals surface area contributed by atoms with E-state index in [-0.39, 0.29) is 30.1 Å². The Morgan fingerprint density at radius 1 is 1.00 bits per heavy atom. The molecular weight excluding hydrogens is 518 g/mol. The van der Waals surface area contributed by atoms with Gasteiger partial charge >= 0.3 is 6.09 Å². The zero-order valence-electron chi connectivity index (χ0n) is 22.0. The average molecular weight is 550 g/mol. The molecule has 3 aromatic heterocycles. The molecule has 6 rings (SSSR count). The van der Waals surface area contributed by atoms with E-state index in [2.05, 4.69) is 20.2 Å². The van der Waals surface area contributed by atoms with Gasteiger partial charge in [-0.25, -0.2) is 9.78 Å². The summed E-state index contributed by atoms with van der Waals surface area (Å²) in [4.78, 5) is 49.9. The van der Waals surface area contributed by atoms with Crippen molar-refractivity contribution in [2.24, 2.45) is 11.7 Å². The maximum atomic E-state index is 12.8. The number of nitrogens with two attached hydrogens (primary N) is 1. The second-order valence-corrected chi connectivity index (χ2v) is 10.1. The third-order valence-electron chi connectivity index (χ3n) is 7.34. The lowest BCUT2D eigenvalue weighted by atomic mass is 10.0. The first-order valence-electron chi connectivity index (χ1n) is 13.5. The number of anilines is 2. The number of likely N-dealkylation sites (tertiary alicyclic amines) is 1. The van der Waals surface area contributed by atoms with Crippen molar-refractivity contribution in [1.82, 2.24) is 19.4 Å². The van der Waals surface area contributed by atoms with Crippen molar-refractivity contribution in [1.29, 1.82) is 0 Å². The molecule has 13 nitrogen and oxygen atoms in total. The summed E-state index contributed by atoms with van der Waals surface area (Å²) in [7, 11) is 0. The number of nitrogens with one attached hydrogen (secondary N) is 1. The molecule has 0 saturated carbocycles. The van der Waals surface area contributed by atoms with Gasteiger partial charge in [0.1, 0.15) is 17.6 Å². The molecule has 3 N–H and O–H groups in total. The van der Waals surface area contributed by atoms with Gasteiger partial charge in [-0.1, -0.05) is 0 Å². The second-order valence-electron chi connectivity index (χ2n) is 10.1. The lowest BCUT2D eigenvalue weighted by Gasteiger charge is -2.33. The quantitative estimate of drug-likeness (QED) is 0.372. The summed E-state index contributed by atoms with van der Waals surface area (Å²) in [5, 5.41) is 3.54. The van der Waals surface area contributed by atoms with Crippen molar-refractivity contribution in [2.75, 3.05) is 56.2 Å². The maximum absolute atomic E-state index is 12.8. The van der Waals surface area contributed by atoms with E-state index in [1.165, 1.54) is 4.90 Å². The molecule has 3 aliphatic rings. The van der Waals surface area contributed by atoms with Crippen LogP contribution in [0.2, 0.25) is 0 Å². The molecule has 13 heteroatoms. The molecule has 2 atom stereocenters. The Morgan fingerprint density at radius 2 is 1.88 bits per heavy atom. The number of ether oxygens (including phenoxy) is 3. The predicted octanol–water partition coefficient (Wildman–Crippen LogP) is 1.20. The number of hydrogen-bond donors (Lipinski definition) is 2. The highest BCUT2D eigenvalue weighted by Gasteiger charge is 2.43. The molecule has 2 amide bonds. The van der Waals surface area contributed by atoms with Crippen LogP contribution in [0.25, 0.3) is 11.0 Å². The molecule has 3 aromatic rings. The van der Waals surface area contributed by atoms with Crippen LogP contribution < -0.4 is 31.0 Å². The molecule has 6 heterocycles. The van der Waals surface area contributed by atoms with Crippen molar-refractivity contribution in [3.05, 3.63) is 46.8 Å². The lowest BCUT2D eigenvalue weighted by Crippen LogP contribution is -2.48. The molecule has 0 radical (unpaired) electrons. The van der Waals surface area contributed by atoms with Crippen molar-refractivity contribution < 1.29 is 23.8 Å². The Kier molecular flexibility index (Phi) is 7.22. The van der Waals surface area contributed by atoms with E-state index in [9.17, 15) is 14.4 Å². The summed E-state index contributed by atoms with van der Waals surface area (Å²) >= 11 is 0. The number of aryl methyl sites for hydroxylation is 1. The van der Waals surface area contributed by atoms with Gasteiger partial charge in [-0.3, -0.25) is 24.0 Å². The van der Waals surface area contributed by atoms with Crippen LogP contribution in [0.3, 0.4) is 0 Å². The number of carbonyl (C=O) groups is 2. The van der Waals surface area contributed by atoms with Gasteiger partial charge in [-0.15, -0.1) is 0 Å². The monoisotopic (exact) mass is 549 g/mol. The highest BCUT2D eigenvalue weighted by atomic mass is 16.6. The van der Waals surface area contributed by atoms with E-state index in [0.717, 1.165) is 31.3 Å². The van der Waals surface area contributed by atoms with Gasteiger partial charge in [0.05, 0.1) is 6.61 Å². The summed E-state index contributed by atoms with van der Waals surface area (Å²) in [6.07, 6.45) is 0.779. The fraction of sp³-hybridized carbons (Fsp3) is 0.444. The normalized spacial score (nSPS) is 20.5. The smallest absolute Gasteiger partial charge is 0.415 e. The van der Waals surface area contributed by atoms with Gasteiger partial charge < -0.3 is 25.3 Å². The van der Waals surface area contributed by atoms with Crippen molar-refractivity contribution >= 4 is 34.7 Å². The van der Waals surface area contributed by atoms with E-state index in [4.69, 9.17) is 19.9 Å². The largest absolute Gasteiger partial charge is 0.480 e. The molecule has 0 aromatic carbocycles. The average Bonchev–Trinajstić information content (AvgIpc) is 3.35. The minimum Gasteiger partial charge on any atom is -0.480 e. The first-order valence-corrected chi connectivity index (χ1v) is 13.5. The van der Waals surface area contributed by atoms with E-state index in [0.29, 0.717) is 61.7 Å². The number of carbonyl (C=O) groups excluding carboxylic acids is 2.